The van der Waals surface area contributed by atoms with Crippen molar-refractivity contribution < 1.29 is 23.0 Å². The predicted molar refractivity (Wildman–Crippen MR) is 115 cm³/mol. The molecule has 0 radical (unpaired) electrons. The highest BCUT2D eigenvalue weighted by Gasteiger charge is 2.62. The summed E-state index contributed by atoms with van der Waals surface area (Å²) in [7, 11) is 1.57. The van der Waals surface area contributed by atoms with Gasteiger partial charge in [-0.3, -0.25) is 4.79 Å². The molecule has 0 spiro atoms. The molecule has 0 aliphatic heterocycles. The Kier molecular flexibility index (Phi) is 6.32. The van der Waals surface area contributed by atoms with E-state index in [2.05, 4.69) is 15.3 Å². The average molecular weight is 441 g/mol. The van der Waals surface area contributed by atoms with Crippen LogP contribution in [0.3, 0.4) is 0 Å². The monoisotopic (exact) mass is 441 g/mol. The van der Waals surface area contributed by atoms with E-state index in [-0.39, 0.29) is 49.0 Å². The van der Waals surface area contributed by atoms with Gasteiger partial charge >= 0.3 is 0 Å². The van der Waals surface area contributed by atoms with Gasteiger partial charge in [-0.15, -0.1) is 0 Å². The van der Waals surface area contributed by atoms with Crippen molar-refractivity contribution in [2.24, 2.45) is 17.3 Å². The summed E-state index contributed by atoms with van der Waals surface area (Å²) in [5, 5.41) is 2.84. The maximum atomic E-state index is 14.1. The molecule has 1 N–H and O–H groups in total. The third-order valence-corrected chi connectivity index (χ3v) is 6.05. The number of methoxy groups -OCH3 is 1. The number of hydrogen-bond donors (Lipinski definition) is 1. The quantitative estimate of drug-likeness (QED) is 0.652. The van der Waals surface area contributed by atoms with E-state index in [4.69, 9.17) is 9.47 Å². The van der Waals surface area contributed by atoms with Crippen LogP contribution in [0.5, 0.6) is 5.75 Å². The van der Waals surface area contributed by atoms with Crippen molar-refractivity contribution in [3.05, 3.63) is 71.9 Å². The number of ether oxygens (including phenoxy) is 2. The second-order valence-electron chi connectivity index (χ2n) is 8.24. The van der Waals surface area contributed by atoms with E-state index in [9.17, 15) is 13.6 Å². The molecule has 1 aromatic heterocycles. The van der Waals surface area contributed by atoms with Gasteiger partial charge in [0.1, 0.15) is 23.2 Å². The van der Waals surface area contributed by atoms with E-state index in [1.165, 1.54) is 30.3 Å². The maximum absolute atomic E-state index is 14.1. The van der Waals surface area contributed by atoms with Crippen LogP contribution in [0.25, 0.3) is 0 Å². The first-order chi connectivity index (χ1) is 15.4. The fraction of sp³-hybridized carbons (Fsp3) is 0.375. The standard InChI is InChI=1S/C24H25F2N3O3/c1-15-27-12-22(21(28-15)13-31-2)32-14-24(16-4-3-5-18(26)10-16)11-20(24)23(30)29-19-8-6-17(25)7-9-19/h3-9,12,16,20H,10-11,13-14H2,1-2H3,(H,29,30)/t16?,20-,24+/m0/s1. The minimum absolute atomic E-state index is 0.186. The van der Waals surface area contributed by atoms with Crippen LogP contribution in [0.4, 0.5) is 14.5 Å². The summed E-state index contributed by atoms with van der Waals surface area (Å²) in [4.78, 5) is 21.6. The highest BCUT2D eigenvalue weighted by atomic mass is 19.1. The number of benzene rings is 1. The van der Waals surface area contributed by atoms with E-state index in [1.807, 2.05) is 6.08 Å². The molecular formula is C24H25F2N3O3. The molecule has 8 heteroatoms. The van der Waals surface area contributed by atoms with Crippen LogP contribution in [-0.2, 0) is 16.1 Å². The van der Waals surface area contributed by atoms with E-state index in [0.717, 1.165) is 0 Å². The first kappa shape index (κ1) is 22.1. The van der Waals surface area contributed by atoms with Gasteiger partial charge in [-0.2, -0.15) is 0 Å². The molecule has 1 aromatic carbocycles. The van der Waals surface area contributed by atoms with E-state index >= 15 is 0 Å². The number of amides is 1. The molecular weight excluding hydrogens is 416 g/mol. The molecule has 168 valence electrons. The molecule has 1 amide bonds. The van der Waals surface area contributed by atoms with Crippen molar-refractivity contribution in [2.45, 2.75) is 26.4 Å². The highest BCUT2D eigenvalue weighted by molar-refractivity contribution is 5.95. The smallest absolute Gasteiger partial charge is 0.228 e. The number of aryl methyl sites for hydroxylation is 1. The summed E-state index contributed by atoms with van der Waals surface area (Å²) in [6, 6.07) is 5.60. The molecule has 2 aliphatic rings. The second-order valence-corrected chi connectivity index (χ2v) is 8.24. The van der Waals surface area contributed by atoms with Gasteiger partial charge in [-0.05, 0) is 49.6 Å². The summed E-state index contributed by atoms with van der Waals surface area (Å²) in [5.41, 5.74) is 0.563. The van der Waals surface area contributed by atoms with Gasteiger partial charge in [-0.25, -0.2) is 18.7 Å². The topological polar surface area (TPSA) is 73.3 Å². The molecule has 1 fully saturated rings. The molecule has 1 heterocycles. The molecule has 2 aliphatic carbocycles. The van der Waals surface area contributed by atoms with Crippen LogP contribution in [0.15, 0.2) is 54.5 Å². The number of aromatic nitrogens is 2. The van der Waals surface area contributed by atoms with Crippen molar-refractivity contribution in [1.29, 1.82) is 0 Å². The zero-order chi connectivity index (χ0) is 22.7. The van der Waals surface area contributed by atoms with Crippen LogP contribution in [-0.4, -0.2) is 29.6 Å². The van der Waals surface area contributed by atoms with Crippen molar-refractivity contribution in [2.75, 3.05) is 19.0 Å². The van der Waals surface area contributed by atoms with Gasteiger partial charge in [0.25, 0.3) is 0 Å². The normalized spacial score (nSPS) is 24.1. The molecule has 4 rings (SSSR count). The van der Waals surface area contributed by atoms with Gasteiger partial charge in [-0.1, -0.05) is 12.2 Å². The number of anilines is 1. The Labute approximate surface area is 185 Å². The molecule has 2 aromatic rings. The number of hydrogen-bond acceptors (Lipinski definition) is 5. The number of nitrogens with one attached hydrogen (secondary N) is 1. The van der Waals surface area contributed by atoms with Crippen LogP contribution in [0.1, 0.15) is 24.4 Å². The first-order valence-electron chi connectivity index (χ1n) is 10.4. The van der Waals surface area contributed by atoms with Gasteiger partial charge in [0.2, 0.25) is 5.91 Å². The van der Waals surface area contributed by atoms with Gasteiger partial charge in [0.05, 0.1) is 19.4 Å². The highest BCUT2D eigenvalue weighted by Crippen LogP contribution is 2.61. The maximum Gasteiger partial charge on any atom is 0.228 e. The SMILES string of the molecule is COCc1nc(C)ncc1OC[C@@]1(C2C=CC=C(F)C2)C[C@H]1C(=O)Nc1ccc(F)cc1. The number of allylic oxidation sites excluding steroid dienone is 4. The summed E-state index contributed by atoms with van der Waals surface area (Å²) < 4.78 is 38.6. The van der Waals surface area contributed by atoms with E-state index in [0.29, 0.717) is 29.4 Å². The summed E-state index contributed by atoms with van der Waals surface area (Å²) in [6.45, 7) is 2.25. The zero-order valence-corrected chi connectivity index (χ0v) is 18.0. The number of nitrogens with zero attached hydrogens (tertiary/aromatic N) is 2. The summed E-state index contributed by atoms with van der Waals surface area (Å²) in [5.74, 6) is -0.263. The Morgan fingerprint density at radius 2 is 2.06 bits per heavy atom. The third kappa shape index (κ3) is 4.70. The fourth-order valence-electron chi connectivity index (χ4n) is 4.23. The van der Waals surface area contributed by atoms with Crippen LogP contribution < -0.4 is 10.1 Å². The third-order valence-electron chi connectivity index (χ3n) is 6.05. The Balaban J connectivity index is 1.53. The Morgan fingerprint density at radius 1 is 1.28 bits per heavy atom. The lowest BCUT2D eigenvalue weighted by Gasteiger charge is -2.27. The summed E-state index contributed by atoms with van der Waals surface area (Å²) in [6.07, 6.45) is 7.41. The van der Waals surface area contributed by atoms with Gasteiger partial charge in [0, 0.05) is 30.6 Å². The minimum atomic E-state index is -0.568. The largest absolute Gasteiger partial charge is 0.489 e. The van der Waals surface area contributed by atoms with E-state index in [1.54, 1.807) is 26.3 Å². The van der Waals surface area contributed by atoms with Crippen molar-refractivity contribution >= 4 is 11.6 Å². The molecule has 0 bridgehead atoms. The minimum Gasteiger partial charge on any atom is -0.489 e. The average Bonchev–Trinajstić information content (AvgIpc) is 3.51. The molecule has 3 atom stereocenters. The molecule has 1 unspecified atom stereocenters. The Morgan fingerprint density at radius 3 is 2.78 bits per heavy atom. The van der Waals surface area contributed by atoms with Gasteiger partial charge < -0.3 is 14.8 Å². The van der Waals surface area contributed by atoms with Crippen molar-refractivity contribution in [3.63, 3.8) is 0 Å². The van der Waals surface area contributed by atoms with Crippen LogP contribution in [0, 0.1) is 30.0 Å². The van der Waals surface area contributed by atoms with Crippen LogP contribution in [0.2, 0.25) is 0 Å². The lowest BCUT2D eigenvalue weighted by Crippen LogP contribution is -2.30. The van der Waals surface area contributed by atoms with Gasteiger partial charge in [0.15, 0.2) is 5.75 Å². The van der Waals surface area contributed by atoms with Crippen molar-refractivity contribution in [3.8, 4) is 5.75 Å². The number of carbonyl (C=O) groups excluding carboxylic acids is 1. The zero-order valence-electron chi connectivity index (χ0n) is 18.0. The number of halogens is 2. The van der Waals surface area contributed by atoms with E-state index < -0.39 is 5.41 Å². The second kappa shape index (κ2) is 9.16. The Hall–Kier alpha value is -3.13. The molecule has 6 nitrogen and oxygen atoms in total. The fourth-order valence-corrected chi connectivity index (χ4v) is 4.23. The molecule has 0 saturated heterocycles. The summed E-state index contributed by atoms with van der Waals surface area (Å²) >= 11 is 0. The van der Waals surface area contributed by atoms with Crippen molar-refractivity contribution in [1.82, 2.24) is 9.97 Å². The van der Waals surface area contributed by atoms with Crippen LogP contribution >= 0.6 is 0 Å². The first-order valence-corrected chi connectivity index (χ1v) is 10.4. The number of rotatable bonds is 8. The number of carbonyl (C=O) groups is 1. The molecule has 32 heavy (non-hydrogen) atoms. The lowest BCUT2D eigenvalue weighted by atomic mass is 9.82. The Bertz CT molecular complexity index is 1050. The molecule has 1 saturated carbocycles. The predicted octanol–water partition coefficient (Wildman–Crippen LogP) is 4.52. The lowest BCUT2D eigenvalue weighted by molar-refractivity contribution is -0.118.